The van der Waals surface area contributed by atoms with Crippen LogP contribution in [0, 0.1) is 0 Å². The molecule has 1 saturated heterocycles. The van der Waals surface area contributed by atoms with Gasteiger partial charge in [-0.05, 0) is 25.0 Å². The molecule has 3 aliphatic heterocycles. The van der Waals surface area contributed by atoms with E-state index in [0.717, 1.165) is 12.8 Å². The summed E-state index contributed by atoms with van der Waals surface area (Å²) in [7, 11) is 0. The highest BCUT2D eigenvalue weighted by atomic mass is 16.2. The van der Waals surface area contributed by atoms with Gasteiger partial charge in [0.15, 0.2) is 0 Å². The number of nitrogens with one attached hydrogen (secondary N) is 1. The number of rotatable bonds is 0. The van der Waals surface area contributed by atoms with Gasteiger partial charge in [-0.15, -0.1) is 0 Å². The van der Waals surface area contributed by atoms with Crippen LogP contribution in [0.1, 0.15) is 40.0 Å². The summed E-state index contributed by atoms with van der Waals surface area (Å²) >= 11 is 0. The number of amides is 3. The lowest BCUT2D eigenvalue weighted by Gasteiger charge is -2.40. The maximum atomic E-state index is 10.9. The number of allylic oxidation sites excluding steroid dienone is 1. The first-order valence-corrected chi connectivity index (χ1v) is 6.59. The minimum atomic E-state index is -0.300. The fourth-order valence-electron chi connectivity index (χ4n) is 2.54. The molecule has 0 radical (unpaired) electrons. The van der Waals surface area contributed by atoms with E-state index in [9.17, 15) is 14.4 Å². The molecule has 5 heteroatoms. The van der Waals surface area contributed by atoms with Gasteiger partial charge in [0.25, 0.3) is 11.8 Å². The van der Waals surface area contributed by atoms with Gasteiger partial charge >= 0.3 is 0 Å². The number of fused-ring (bicyclic) bond motifs is 2. The molecule has 0 aromatic heterocycles. The highest BCUT2D eigenvalue weighted by Gasteiger charge is 2.34. The highest BCUT2D eigenvalue weighted by molar-refractivity contribution is 6.21. The van der Waals surface area contributed by atoms with Crippen LogP contribution in [0.5, 0.6) is 0 Å². The number of nitrogens with zero attached hydrogens (tertiary/aromatic N) is 1. The number of imide groups is 1. The van der Waals surface area contributed by atoms with Crippen LogP contribution in [0.15, 0.2) is 36.5 Å². The maximum Gasteiger partial charge on any atom is 0.258 e. The molecule has 1 N–H and O–H groups in total. The Kier molecular flexibility index (Phi) is 3.10. The zero-order valence-electron chi connectivity index (χ0n) is 10.8. The quantitative estimate of drug-likeness (QED) is 0.573. The van der Waals surface area contributed by atoms with Crippen LogP contribution < -0.4 is 5.32 Å². The lowest BCUT2D eigenvalue weighted by atomic mass is 9.95. The summed E-state index contributed by atoms with van der Waals surface area (Å²) in [6.07, 6.45) is 7.08. The van der Waals surface area contributed by atoms with E-state index in [2.05, 4.69) is 11.4 Å². The molecule has 3 amide bonds. The molecular formula is C15H14N2O3. The SMILES string of the molecule is O=C1C[C@H]2CCC=CN12.O=C1NC(=O)c2ccccc21. The summed E-state index contributed by atoms with van der Waals surface area (Å²) < 4.78 is 0. The Balaban J connectivity index is 0.000000123. The molecule has 0 bridgehead atoms. The van der Waals surface area contributed by atoms with Crippen molar-refractivity contribution >= 4 is 17.7 Å². The van der Waals surface area contributed by atoms with Crippen molar-refractivity contribution in [3.05, 3.63) is 47.7 Å². The van der Waals surface area contributed by atoms with Crippen LogP contribution in [0.2, 0.25) is 0 Å². The third-order valence-corrected chi connectivity index (χ3v) is 3.67. The zero-order valence-corrected chi connectivity index (χ0v) is 10.8. The Morgan fingerprint density at radius 3 is 2.20 bits per heavy atom. The van der Waals surface area contributed by atoms with Gasteiger partial charge in [0, 0.05) is 18.7 Å². The molecule has 0 aliphatic carbocycles. The normalized spacial score (nSPS) is 22.3. The Hall–Kier alpha value is -2.43. The monoisotopic (exact) mass is 270 g/mol. The van der Waals surface area contributed by atoms with Crippen LogP contribution in [0.3, 0.4) is 0 Å². The van der Waals surface area contributed by atoms with Crippen LogP contribution in [-0.2, 0) is 4.79 Å². The molecule has 102 valence electrons. The summed E-state index contributed by atoms with van der Waals surface area (Å²) in [5, 5.41) is 2.20. The van der Waals surface area contributed by atoms with Crippen molar-refractivity contribution in [3.8, 4) is 0 Å². The molecule has 5 nitrogen and oxygen atoms in total. The van der Waals surface area contributed by atoms with E-state index in [0.29, 0.717) is 17.2 Å². The first-order chi connectivity index (χ1) is 9.66. The van der Waals surface area contributed by atoms with E-state index in [-0.39, 0.29) is 17.7 Å². The van der Waals surface area contributed by atoms with Crippen LogP contribution in [0.4, 0.5) is 0 Å². The molecular weight excluding hydrogens is 256 g/mol. The lowest BCUT2D eigenvalue weighted by molar-refractivity contribution is -0.141. The van der Waals surface area contributed by atoms with Gasteiger partial charge in [0.2, 0.25) is 5.91 Å². The van der Waals surface area contributed by atoms with Gasteiger partial charge in [-0.1, -0.05) is 18.2 Å². The second kappa shape index (κ2) is 4.92. The van der Waals surface area contributed by atoms with Crippen molar-refractivity contribution in [2.24, 2.45) is 0 Å². The average Bonchev–Trinajstić information content (AvgIpc) is 2.75. The standard InChI is InChI=1S/C8H5NO2.C7H9NO/c10-7-5-3-1-2-4-6(5)8(11)9-7;9-7-5-6-3-1-2-4-8(6)7/h1-4H,(H,9,10,11);2,4,6H,1,3,5H2/t;6-/m.1/s1. The highest BCUT2D eigenvalue weighted by Crippen LogP contribution is 2.27. The average molecular weight is 270 g/mol. The number of carbonyl (C=O) groups is 3. The summed E-state index contributed by atoms with van der Waals surface area (Å²) in [5.74, 6) is -0.313. The van der Waals surface area contributed by atoms with Crippen molar-refractivity contribution in [2.45, 2.75) is 25.3 Å². The fourth-order valence-corrected chi connectivity index (χ4v) is 2.54. The van der Waals surface area contributed by atoms with E-state index >= 15 is 0 Å². The van der Waals surface area contributed by atoms with Crippen molar-refractivity contribution in [3.63, 3.8) is 0 Å². The third kappa shape index (κ3) is 2.11. The predicted octanol–water partition coefficient (Wildman–Crippen LogP) is 1.47. The summed E-state index contributed by atoms with van der Waals surface area (Å²) in [5.41, 5.74) is 0.940. The van der Waals surface area contributed by atoms with E-state index in [4.69, 9.17) is 0 Å². The van der Waals surface area contributed by atoms with E-state index in [1.54, 1.807) is 24.3 Å². The molecule has 4 rings (SSSR count). The number of hydrogen-bond donors (Lipinski definition) is 1. The second-order valence-electron chi connectivity index (χ2n) is 4.95. The molecule has 0 unspecified atom stereocenters. The first-order valence-electron chi connectivity index (χ1n) is 6.59. The minimum Gasteiger partial charge on any atom is -0.316 e. The van der Waals surface area contributed by atoms with E-state index in [1.165, 1.54) is 6.42 Å². The van der Waals surface area contributed by atoms with Gasteiger partial charge in [-0.25, -0.2) is 0 Å². The summed E-state index contributed by atoms with van der Waals surface area (Å²) in [4.78, 5) is 34.5. The second-order valence-corrected chi connectivity index (χ2v) is 4.95. The minimum absolute atomic E-state index is 0.288. The van der Waals surface area contributed by atoms with Crippen molar-refractivity contribution in [1.29, 1.82) is 0 Å². The fraction of sp³-hybridized carbons (Fsp3) is 0.267. The lowest BCUT2D eigenvalue weighted by Crippen LogP contribution is -2.50. The maximum absolute atomic E-state index is 10.9. The van der Waals surface area contributed by atoms with Crippen molar-refractivity contribution in [2.75, 3.05) is 0 Å². The van der Waals surface area contributed by atoms with E-state index < -0.39 is 0 Å². The molecule has 1 aromatic rings. The summed E-state index contributed by atoms with van der Waals surface area (Å²) in [6, 6.07) is 7.29. The molecule has 1 fully saturated rings. The van der Waals surface area contributed by atoms with E-state index in [1.807, 2.05) is 11.1 Å². The Morgan fingerprint density at radius 2 is 1.70 bits per heavy atom. The van der Waals surface area contributed by atoms with Gasteiger partial charge in [-0.3, -0.25) is 19.7 Å². The van der Waals surface area contributed by atoms with Crippen LogP contribution in [-0.4, -0.2) is 28.7 Å². The zero-order chi connectivity index (χ0) is 14.1. The number of hydrogen-bond acceptors (Lipinski definition) is 3. The van der Waals surface area contributed by atoms with Gasteiger partial charge in [-0.2, -0.15) is 0 Å². The Labute approximate surface area is 116 Å². The molecule has 1 aromatic carbocycles. The molecule has 3 aliphatic rings. The number of β-lactam (4-membered cyclic amide) rings is 1. The largest absolute Gasteiger partial charge is 0.316 e. The molecule has 0 saturated carbocycles. The van der Waals surface area contributed by atoms with Crippen LogP contribution >= 0.6 is 0 Å². The van der Waals surface area contributed by atoms with Gasteiger partial charge in [0.05, 0.1) is 11.1 Å². The van der Waals surface area contributed by atoms with Gasteiger partial charge in [0.1, 0.15) is 0 Å². The number of carbonyl (C=O) groups excluding carboxylic acids is 3. The third-order valence-electron chi connectivity index (χ3n) is 3.67. The number of benzene rings is 1. The summed E-state index contributed by atoms with van der Waals surface area (Å²) in [6.45, 7) is 0. The molecule has 3 heterocycles. The molecule has 20 heavy (non-hydrogen) atoms. The smallest absolute Gasteiger partial charge is 0.258 e. The van der Waals surface area contributed by atoms with Crippen molar-refractivity contribution in [1.82, 2.24) is 10.2 Å². The Morgan fingerprint density at radius 1 is 1.05 bits per heavy atom. The predicted molar refractivity (Wildman–Crippen MR) is 71.9 cm³/mol. The molecule has 0 spiro atoms. The van der Waals surface area contributed by atoms with Crippen molar-refractivity contribution < 1.29 is 14.4 Å². The van der Waals surface area contributed by atoms with Gasteiger partial charge < -0.3 is 4.90 Å². The topological polar surface area (TPSA) is 66.5 Å². The van der Waals surface area contributed by atoms with Crippen LogP contribution in [0.25, 0.3) is 0 Å². The Bertz CT molecular complexity index is 588. The molecule has 1 atom stereocenters. The first kappa shape index (κ1) is 12.6.